The molecule has 0 aliphatic carbocycles. The van der Waals surface area contributed by atoms with Crippen LogP contribution >= 0.6 is 0 Å². The Bertz CT molecular complexity index is 1170. The lowest BCUT2D eigenvalue weighted by atomic mass is 10.0. The Kier molecular flexibility index (Phi) is 6.45. The lowest BCUT2D eigenvalue weighted by Gasteiger charge is -2.16. The van der Waals surface area contributed by atoms with Crippen molar-refractivity contribution in [2.45, 2.75) is 13.3 Å². The van der Waals surface area contributed by atoms with Gasteiger partial charge in [0.15, 0.2) is 0 Å². The van der Waals surface area contributed by atoms with Gasteiger partial charge in [0.2, 0.25) is 0 Å². The maximum Gasteiger partial charge on any atom is 0.282 e. The largest absolute Gasteiger partial charge is 0.494 e. The zero-order valence-electron chi connectivity index (χ0n) is 19.0. The van der Waals surface area contributed by atoms with E-state index in [0.29, 0.717) is 23.4 Å². The van der Waals surface area contributed by atoms with E-state index in [-0.39, 0.29) is 17.5 Å². The van der Waals surface area contributed by atoms with Gasteiger partial charge in [-0.3, -0.25) is 9.59 Å². The highest BCUT2D eigenvalue weighted by Gasteiger charge is 2.40. The van der Waals surface area contributed by atoms with Crippen LogP contribution < -0.4 is 19.9 Å². The van der Waals surface area contributed by atoms with Gasteiger partial charge in [-0.25, -0.2) is 4.90 Å². The molecule has 0 unspecified atom stereocenters. The first-order valence-corrected chi connectivity index (χ1v) is 11.0. The van der Waals surface area contributed by atoms with Crippen LogP contribution in [0.5, 0.6) is 5.75 Å². The van der Waals surface area contributed by atoms with Gasteiger partial charge in [0, 0.05) is 25.5 Å². The fourth-order valence-electron chi connectivity index (χ4n) is 3.65. The molecule has 0 atom stereocenters. The molecule has 0 saturated heterocycles. The molecule has 0 saturated carbocycles. The first-order chi connectivity index (χ1) is 16.0. The summed E-state index contributed by atoms with van der Waals surface area (Å²) < 4.78 is 5.67. The quantitative estimate of drug-likeness (QED) is 0.502. The molecule has 0 bridgehead atoms. The molecule has 0 spiro atoms. The van der Waals surface area contributed by atoms with Gasteiger partial charge in [-0.05, 0) is 60.5 Å². The van der Waals surface area contributed by atoms with E-state index in [4.69, 9.17) is 4.74 Å². The Hall–Kier alpha value is -4.06. The third-order valence-corrected chi connectivity index (χ3v) is 5.37. The number of ether oxygens (including phenoxy) is 1. The van der Waals surface area contributed by atoms with E-state index in [9.17, 15) is 9.59 Å². The van der Waals surface area contributed by atoms with Crippen LogP contribution in [-0.4, -0.2) is 32.5 Å². The van der Waals surface area contributed by atoms with Gasteiger partial charge in [0.05, 0.1) is 17.9 Å². The maximum atomic E-state index is 13.5. The van der Waals surface area contributed by atoms with Crippen molar-refractivity contribution >= 4 is 34.4 Å². The first kappa shape index (κ1) is 22.1. The van der Waals surface area contributed by atoms with E-state index in [1.165, 1.54) is 4.90 Å². The molecular formula is C27H27N3O3. The van der Waals surface area contributed by atoms with Crippen LogP contribution in [0.4, 0.5) is 17.1 Å². The highest BCUT2D eigenvalue weighted by Crippen LogP contribution is 2.34. The number of rotatable bonds is 8. The number of nitrogens with zero attached hydrogens (tertiary/aromatic N) is 2. The Labute approximate surface area is 194 Å². The molecule has 1 heterocycles. The molecule has 0 fully saturated rings. The van der Waals surface area contributed by atoms with Crippen molar-refractivity contribution in [1.82, 2.24) is 0 Å². The fraction of sp³-hybridized carbons (Fsp3) is 0.185. The summed E-state index contributed by atoms with van der Waals surface area (Å²) in [4.78, 5) is 30.1. The lowest BCUT2D eigenvalue weighted by Crippen LogP contribution is -2.32. The van der Waals surface area contributed by atoms with Crippen molar-refractivity contribution in [2.24, 2.45) is 0 Å². The zero-order chi connectivity index (χ0) is 23.4. The van der Waals surface area contributed by atoms with Gasteiger partial charge in [-0.1, -0.05) is 37.3 Å². The third-order valence-electron chi connectivity index (χ3n) is 5.37. The average molecular weight is 442 g/mol. The minimum atomic E-state index is -0.385. The number of imide groups is 1. The van der Waals surface area contributed by atoms with Crippen LogP contribution in [0.25, 0.3) is 5.57 Å². The van der Waals surface area contributed by atoms with E-state index in [1.54, 1.807) is 24.3 Å². The second-order valence-corrected chi connectivity index (χ2v) is 7.97. The third kappa shape index (κ3) is 4.60. The monoisotopic (exact) mass is 441 g/mol. The number of hydrogen-bond donors (Lipinski definition) is 1. The van der Waals surface area contributed by atoms with Crippen molar-refractivity contribution in [3.8, 4) is 5.75 Å². The number of carbonyl (C=O) groups is 2. The summed E-state index contributed by atoms with van der Waals surface area (Å²) >= 11 is 0. The fourth-order valence-corrected chi connectivity index (χ4v) is 3.65. The minimum absolute atomic E-state index is 0.253. The molecule has 6 nitrogen and oxygen atoms in total. The normalized spacial score (nSPS) is 13.5. The molecule has 1 N–H and O–H groups in total. The van der Waals surface area contributed by atoms with Crippen LogP contribution in [0, 0.1) is 0 Å². The van der Waals surface area contributed by atoms with Crippen molar-refractivity contribution in [3.63, 3.8) is 0 Å². The van der Waals surface area contributed by atoms with E-state index >= 15 is 0 Å². The van der Waals surface area contributed by atoms with Gasteiger partial charge >= 0.3 is 0 Å². The highest BCUT2D eigenvalue weighted by molar-refractivity contribution is 6.46. The summed E-state index contributed by atoms with van der Waals surface area (Å²) in [5.74, 6) is -0.0169. The molecule has 2 amide bonds. The van der Waals surface area contributed by atoms with Crippen LogP contribution in [0.15, 0.2) is 84.6 Å². The average Bonchev–Trinajstić information content (AvgIpc) is 3.08. The lowest BCUT2D eigenvalue weighted by molar-refractivity contribution is -0.120. The van der Waals surface area contributed by atoms with Crippen molar-refractivity contribution in [3.05, 3.63) is 90.1 Å². The van der Waals surface area contributed by atoms with E-state index < -0.39 is 0 Å². The van der Waals surface area contributed by atoms with Gasteiger partial charge in [-0.15, -0.1) is 0 Å². The molecular weight excluding hydrogens is 414 g/mol. The predicted octanol–water partition coefficient (Wildman–Crippen LogP) is 4.94. The molecule has 3 aromatic carbocycles. The Morgan fingerprint density at radius 1 is 0.848 bits per heavy atom. The Balaban J connectivity index is 1.73. The van der Waals surface area contributed by atoms with Crippen LogP contribution in [0.2, 0.25) is 0 Å². The second-order valence-electron chi connectivity index (χ2n) is 7.97. The number of para-hydroxylation sites is 1. The predicted molar refractivity (Wildman–Crippen MR) is 132 cm³/mol. The second kappa shape index (κ2) is 9.61. The molecule has 4 rings (SSSR count). The summed E-state index contributed by atoms with van der Waals surface area (Å²) in [7, 11) is 3.93. The van der Waals surface area contributed by atoms with Gasteiger partial charge in [-0.2, -0.15) is 0 Å². The zero-order valence-corrected chi connectivity index (χ0v) is 19.0. The summed E-state index contributed by atoms with van der Waals surface area (Å²) in [6, 6.07) is 24.0. The number of nitrogens with one attached hydrogen (secondary N) is 1. The Morgan fingerprint density at radius 2 is 1.52 bits per heavy atom. The molecule has 6 heteroatoms. The molecule has 0 aromatic heterocycles. The molecule has 1 aliphatic heterocycles. The smallest absolute Gasteiger partial charge is 0.282 e. The molecule has 3 aromatic rings. The van der Waals surface area contributed by atoms with Crippen molar-refractivity contribution < 1.29 is 14.3 Å². The van der Waals surface area contributed by atoms with Crippen molar-refractivity contribution in [1.29, 1.82) is 0 Å². The number of anilines is 3. The summed E-state index contributed by atoms with van der Waals surface area (Å²) in [6.45, 7) is 2.67. The number of carbonyl (C=O) groups excluding carboxylic acids is 2. The maximum absolute atomic E-state index is 13.5. The minimum Gasteiger partial charge on any atom is -0.494 e. The summed E-state index contributed by atoms with van der Waals surface area (Å²) in [5.41, 5.74) is 3.55. The molecule has 0 radical (unpaired) electrons. The standard InChI is InChI=1S/C27H27N3O3/c1-4-18-33-23-16-10-19(11-17-23)24-25(28-20-12-14-21(15-13-20)29(2)3)27(32)30(26(24)31)22-8-6-5-7-9-22/h5-17,28H,4,18H2,1-3H3. The van der Waals surface area contributed by atoms with E-state index in [0.717, 1.165) is 23.5 Å². The van der Waals surface area contributed by atoms with Gasteiger partial charge < -0.3 is 15.0 Å². The van der Waals surface area contributed by atoms with Gasteiger partial charge in [0.25, 0.3) is 11.8 Å². The van der Waals surface area contributed by atoms with Crippen LogP contribution in [-0.2, 0) is 9.59 Å². The number of benzene rings is 3. The molecule has 1 aliphatic rings. The SMILES string of the molecule is CCCOc1ccc(C2=C(Nc3ccc(N(C)C)cc3)C(=O)N(c3ccccc3)C2=O)cc1. The summed E-state index contributed by atoms with van der Waals surface area (Å²) in [6.07, 6.45) is 0.909. The topological polar surface area (TPSA) is 61.9 Å². The van der Waals surface area contributed by atoms with Crippen molar-refractivity contribution in [2.75, 3.05) is 35.8 Å². The number of amides is 2. The van der Waals surface area contributed by atoms with Crippen LogP contribution in [0.3, 0.4) is 0 Å². The van der Waals surface area contributed by atoms with Crippen LogP contribution in [0.1, 0.15) is 18.9 Å². The molecule has 33 heavy (non-hydrogen) atoms. The first-order valence-electron chi connectivity index (χ1n) is 11.0. The van der Waals surface area contributed by atoms with Gasteiger partial charge in [0.1, 0.15) is 11.4 Å². The molecule has 168 valence electrons. The Morgan fingerprint density at radius 3 is 2.12 bits per heavy atom. The highest BCUT2D eigenvalue weighted by atomic mass is 16.5. The summed E-state index contributed by atoms with van der Waals surface area (Å²) in [5, 5.41) is 3.20. The number of hydrogen-bond acceptors (Lipinski definition) is 5. The van der Waals surface area contributed by atoms with E-state index in [2.05, 4.69) is 5.32 Å². The van der Waals surface area contributed by atoms with E-state index in [1.807, 2.05) is 80.5 Å².